The number of anilines is 1. The van der Waals surface area contributed by atoms with Crippen molar-refractivity contribution in [3.05, 3.63) is 70.3 Å². The molecule has 0 unspecified atom stereocenters. The number of carbonyl (C=O) groups excluding carboxylic acids is 1. The van der Waals surface area contributed by atoms with Crippen LogP contribution in [0, 0.1) is 6.92 Å². The third kappa shape index (κ3) is 2.71. The molecule has 0 spiro atoms. The van der Waals surface area contributed by atoms with Gasteiger partial charge >= 0.3 is 6.18 Å². The Kier molecular flexibility index (Phi) is 3.72. The number of Topliss-reactive ketones (excluding diaryl/α,β-unsaturated/α-hetero) is 1. The maximum atomic E-state index is 13.1. The van der Waals surface area contributed by atoms with Gasteiger partial charge in [0.15, 0.2) is 5.78 Å². The number of nitrogens with zero attached hydrogens (tertiary/aromatic N) is 2. The van der Waals surface area contributed by atoms with Crippen LogP contribution in [0.5, 0.6) is 0 Å². The van der Waals surface area contributed by atoms with Crippen LogP contribution >= 0.6 is 0 Å². The van der Waals surface area contributed by atoms with Gasteiger partial charge in [-0.1, -0.05) is 29.8 Å². The summed E-state index contributed by atoms with van der Waals surface area (Å²) in [6, 6.07) is 10.7. The van der Waals surface area contributed by atoms with E-state index in [4.69, 9.17) is 0 Å². The van der Waals surface area contributed by atoms with E-state index in [1.165, 1.54) is 12.1 Å². The fraction of sp³-hybridized carbons (Fsp3) is 0.200. The predicted molar refractivity (Wildman–Crippen MR) is 94.6 cm³/mol. The molecule has 2 heterocycles. The summed E-state index contributed by atoms with van der Waals surface area (Å²) in [6.07, 6.45) is -2.91. The Bertz CT molecular complexity index is 956. The second kappa shape index (κ2) is 5.83. The van der Waals surface area contributed by atoms with Gasteiger partial charge in [0.1, 0.15) is 5.84 Å². The summed E-state index contributed by atoms with van der Waals surface area (Å²) in [5.74, 6) is 0.293. The molecule has 6 heteroatoms. The van der Waals surface area contributed by atoms with Gasteiger partial charge in [0, 0.05) is 17.8 Å². The monoisotopic (exact) mass is 356 g/mol. The average Bonchev–Trinajstić information content (AvgIpc) is 3.10. The summed E-state index contributed by atoms with van der Waals surface area (Å²) in [5, 5.41) is 0. The zero-order chi connectivity index (χ0) is 18.5. The van der Waals surface area contributed by atoms with Gasteiger partial charge in [0.25, 0.3) is 0 Å². The number of aliphatic imine (C=N–C) groups is 1. The van der Waals surface area contributed by atoms with Crippen LogP contribution in [0.4, 0.5) is 18.9 Å². The lowest BCUT2D eigenvalue weighted by Crippen LogP contribution is -2.34. The third-order valence-electron chi connectivity index (χ3n) is 4.59. The molecule has 0 amide bonds. The van der Waals surface area contributed by atoms with Crippen molar-refractivity contribution < 1.29 is 18.0 Å². The number of amidine groups is 1. The molecule has 26 heavy (non-hydrogen) atoms. The van der Waals surface area contributed by atoms with Gasteiger partial charge in [-0.05, 0) is 36.8 Å². The first-order valence-electron chi connectivity index (χ1n) is 8.21. The van der Waals surface area contributed by atoms with E-state index in [1.54, 1.807) is 12.1 Å². The first kappa shape index (κ1) is 16.6. The fourth-order valence-electron chi connectivity index (χ4n) is 3.25. The Hall–Kier alpha value is -2.89. The summed E-state index contributed by atoms with van der Waals surface area (Å²) >= 11 is 0. The zero-order valence-corrected chi connectivity index (χ0v) is 14.0. The van der Waals surface area contributed by atoms with E-state index in [-0.39, 0.29) is 5.78 Å². The van der Waals surface area contributed by atoms with E-state index in [9.17, 15) is 18.0 Å². The van der Waals surface area contributed by atoms with Gasteiger partial charge in [0.05, 0.1) is 17.7 Å². The lowest BCUT2D eigenvalue weighted by atomic mass is 9.94. The number of halogens is 3. The van der Waals surface area contributed by atoms with Crippen molar-refractivity contribution in [1.82, 2.24) is 0 Å². The molecule has 2 aliphatic rings. The summed E-state index contributed by atoms with van der Waals surface area (Å²) < 4.78 is 39.2. The molecular formula is C20H15F3N2O. The number of fused-ring (bicyclic) bond motifs is 3. The van der Waals surface area contributed by atoms with Gasteiger partial charge in [-0.2, -0.15) is 13.2 Å². The minimum Gasteiger partial charge on any atom is -0.324 e. The highest BCUT2D eigenvalue weighted by molar-refractivity contribution is 6.35. The van der Waals surface area contributed by atoms with Crippen molar-refractivity contribution >= 4 is 23.4 Å². The van der Waals surface area contributed by atoms with Crippen LogP contribution in [0.1, 0.15) is 27.0 Å². The molecule has 0 fully saturated rings. The highest BCUT2D eigenvalue weighted by Gasteiger charge is 2.35. The Morgan fingerprint density at radius 3 is 2.54 bits per heavy atom. The van der Waals surface area contributed by atoms with Crippen molar-refractivity contribution in [2.75, 3.05) is 18.0 Å². The molecule has 0 saturated carbocycles. The number of aryl methyl sites for hydroxylation is 1. The second-order valence-corrected chi connectivity index (χ2v) is 6.38. The van der Waals surface area contributed by atoms with E-state index in [2.05, 4.69) is 4.99 Å². The molecule has 0 atom stereocenters. The molecule has 0 N–H and O–H groups in total. The molecule has 0 saturated heterocycles. The molecule has 2 aliphatic heterocycles. The molecule has 0 bridgehead atoms. The molecule has 3 nitrogen and oxygen atoms in total. The van der Waals surface area contributed by atoms with E-state index >= 15 is 0 Å². The van der Waals surface area contributed by atoms with Crippen LogP contribution in [-0.4, -0.2) is 24.7 Å². The number of hydrogen-bond donors (Lipinski definition) is 0. The van der Waals surface area contributed by atoms with Crippen molar-refractivity contribution in [3.63, 3.8) is 0 Å². The van der Waals surface area contributed by atoms with Crippen LogP contribution in [0.3, 0.4) is 0 Å². The lowest BCUT2D eigenvalue weighted by molar-refractivity contribution is -0.137. The van der Waals surface area contributed by atoms with Crippen LogP contribution in [-0.2, 0) is 6.18 Å². The molecule has 132 valence electrons. The Labute approximate surface area is 148 Å². The number of benzene rings is 2. The summed E-state index contributed by atoms with van der Waals surface area (Å²) in [6.45, 7) is 2.98. The number of ketones is 1. The van der Waals surface area contributed by atoms with Crippen molar-refractivity contribution in [2.45, 2.75) is 13.1 Å². The molecule has 4 rings (SSSR count). The van der Waals surface area contributed by atoms with E-state index in [1.807, 2.05) is 24.0 Å². The first-order chi connectivity index (χ1) is 12.3. The summed E-state index contributed by atoms with van der Waals surface area (Å²) in [5.41, 5.74) is 2.16. The third-order valence-corrected chi connectivity index (χ3v) is 4.59. The molecule has 2 aromatic rings. The standard InChI is InChI=1S/C20H15F3N2O/c1-12-2-4-13(5-3-12)18(26)16-11-14-10-15(20(21,22)23)6-7-17(14)25-9-8-24-19(16)25/h2-7,10-11H,8-9H2,1H3. The van der Waals surface area contributed by atoms with Crippen LogP contribution in [0.2, 0.25) is 0 Å². The van der Waals surface area contributed by atoms with E-state index in [0.717, 1.165) is 17.7 Å². The average molecular weight is 356 g/mol. The Morgan fingerprint density at radius 1 is 1.12 bits per heavy atom. The molecule has 0 radical (unpaired) electrons. The van der Waals surface area contributed by atoms with Gasteiger partial charge < -0.3 is 4.90 Å². The Balaban J connectivity index is 1.83. The lowest BCUT2D eigenvalue weighted by Gasteiger charge is -2.28. The number of carbonyl (C=O) groups is 1. The topological polar surface area (TPSA) is 32.7 Å². The minimum absolute atomic E-state index is 0.237. The SMILES string of the molecule is Cc1ccc(C(=O)C2=Cc3cc(C(F)(F)F)ccc3N3CCN=C23)cc1. The number of alkyl halides is 3. The van der Waals surface area contributed by atoms with Gasteiger partial charge in [-0.25, -0.2) is 0 Å². The first-order valence-corrected chi connectivity index (χ1v) is 8.21. The smallest absolute Gasteiger partial charge is 0.324 e. The number of hydrogen-bond acceptors (Lipinski definition) is 3. The second-order valence-electron chi connectivity index (χ2n) is 6.38. The van der Waals surface area contributed by atoms with Crippen molar-refractivity contribution in [1.29, 1.82) is 0 Å². The quantitative estimate of drug-likeness (QED) is 0.742. The zero-order valence-electron chi connectivity index (χ0n) is 14.0. The van der Waals surface area contributed by atoms with Gasteiger partial charge in [-0.15, -0.1) is 0 Å². The normalized spacial score (nSPS) is 15.9. The number of rotatable bonds is 2. The predicted octanol–water partition coefficient (Wildman–Crippen LogP) is 4.51. The van der Waals surface area contributed by atoms with E-state index < -0.39 is 11.7 Å². The summed E-state index contributed by atoms with van der Waals surface area (Å²) in [7, 11) is 0. The fourth-order valence-corrected chi connectivity index (χ4v) is 3.25. The highest BCUT2D eigenvalue weighted by atomic mass is 19.4. The largest absolute Gasteiger partial charge is 0.416 e. The molecule has 2 aromatic carbocycles. The molecule has 0 aromatic heterocycles. The van der Waals surface area contributed by atoms with Crippen molar-refractivity contribution in [3.8, 4) is 0 Å². The Morgan fingerprint density at radius 2 is 1.85 bits per heavy atom. The molecular weight excluding hydrogens is 341 g/mol. The van der Waals surface area contributed by atoms with Gasteiger partial charge in [-0.3, -0.25) is 9.79 Å². The van der Waals surface area contributed by atoms with Crippen molar-refractivity contribution in [2.24, 2.45) is 4.99 Å². The van der Waals surface area contributed by atoms with Crippen LogP contribution in [0.25, 0.3) is 6.08 Å². The minimum atomic E-state index is -4.43. The van der Waals surface area contributed by atoms with E-state index in [0.29, 0.717) is 41.3 Å². The molecule has 0 aliphatic carbocycles. The van der Waals surface area contributed by atoms with Crippen LogP contribution in [0.15, 0.2) is 53.0 Å². The van der Waals surface area contributed by atoms with Crippen LogP contribution < -0.4 is 4.90 Å². The van der Waals surface area contributed by atoms with Gasteiger partial charge in [0.2, 0.25) is 0 Å². The highest BCUT2D eigenvalue weighted by Crippen LogP contribution is 2.38. The maximum absolute atomic E-state index is 13.1. The summed E-state index contributed by atoms with van der Waals surface area (Å²) in [4.78, 5) is 19.2. The maximum Gasteiger partial charge on any atom is 0.416 e.